The number of nitrogens with zero attached hydrogens (tertiary/aromatic N) is 4. The molecule has 30 heavy (non-hydrogen) atoms. The molecule has 2 aliphatic rings. The van der Waals surface area contributed by atoms with Crippen LogP contribution in [0.15, 0.2) is 42.9 Å². The molecule has 4 heteroatoms. The van der Waals surface area contributed by atoms with Crippen LogP contribution in [-0.2, 0) is 6.42 Å². The molecule has 0 saturated carbocycles. The zero-order chi connectivity index (χ0) is 20.9. The summed E-state index contributed by atoms with van der Waals surface area (Å²) in [4.78, 5) is 14.2. The highest BCUT2D eigenvalue weighted by atomic mass is 15.1. The van der Waals surface area contributed by atoms with Crippen molar-refractivity contribution in [2.24, 2.45) is 23.7 Å². The second-order valence-corrected chi connectivity index (χ2v) is 9.82. The molecule has 0 aromatic carbocycles. The Labute approximate surface area is 182 Å². The van der Waals surface area contributed by atoms with Crippen molar-refractivity contribution in [1.82, 2.24) is 9.97 Å². The van der Waals surface area contributed by atoms with Crippen molar-refractivity contribution in [3.8, 4) is 0 Å². The Morgan fingerprint density at radius 1 is 0.900 bits per heavy atom. The summed E-state index contributed by atoms with van der Waals surface area (Å²) in [5.41, 5.74) is 3.80. The topological polar surface area (TPSA) is 32.3 Å². The molecule has 4 nitrogen and oxygen atoms in total. The van der Waals surface area contributed by atoms with Gasteiger partial charge in [0.25, 0.3) is 0 Å². The van der Waals surface area contributed by atoms with Crippen molar-refractivity contribution in [1.29, 1.82) is 0 Å². The Balaban J connectivity index is 1.31. The van der Waals surface area contributed by atoms with Gasteiger partial charge in [0.15, 0.2) is 0 Å². The van der Waals surface area contributed by atoms with Gasteiger partial charge in [-0.05, 0) is 80.0 Å². The molecule has 4 heterocycles. The third kappa shape index (κ3) is 5.14. The first kappa shape index (κ1) is 21.1. The van der Waals surface area contributed by atoms with Crippen LogP contribution in [0.25, 0.3) is 0 Å². The first-order valence-electron chi connectivity index (χ1n) is 11.9. The summed E-state index contributed by atoms with van der Waals surface area (Å²) in [6, 6.07) is 8.79. The lowest BCUT2D eigenvalue weighted by molar-refractivity contribution is 0.299. The van der Waals surface area contributed by atoms with Crippen LogP contribution in [0.3, 0.4) is 0 Å². The molecule has 4 rings (SSSR count). The lowest BCUT2D eigenvalue weighted by atomic mass is 9.83. The average molecular weight is 407 g/mol. The van der Waals surface area contributed by atoms with Crippen LogP contribution in [0.1, 0.15) is 52.1 Å². The van der Waals surface area contributed by atoms with Gasteiger partial charge in [-0.15, -0.1) is 0 Å². The number of piperidine rings is 2. The fraction of sp³-hybridized carbons (Fsp3) is 0.615. The molecule has 2 saturated heterocycles. The number of hydrogen-bond acceptors (Lipinski definition) is 4. The maximum atomic E-state index is 4.85. The van der Waals surface area contributed by atoms with Crippen molar-refractivity contribution in [2.45, 2.75) is 52.9 Å². The van der Waals surface area contributed by atoms with Crippen LogP contribution in [0.2, 0.25) is 0 Å². The molecule has 0 N–H and O–H groups in total. The fourth-order valence-corrected chi connectivity index (χ4v) is 5.30. The Bertz CT molecular complexity index is 765. The summed E-state index contributed by atoms with van der Waals surface area (Å²) in [5.74, 6) is 3.05. The van der Waals surface area contributed by atoms with E-state index in [1.807, 2.05) is 18.5 Å². The molecule has 2 atom stereocenters. The molecular formula is C26H38N4. The molecule has 0 radical (unpaired) electrons. The zero-order valence-corrected chi connectivity index (χ0v) is 19.0. The van der Waals surface area contributed by atoms with Gasteiger partial charge in [-0.2, -0.15) is 0 Å². The highest BCUT2D eigenvalue weighted by Crippen LogP contribution is 2.30. The predicted octanol–water partition coefficient (Wildman–Crippen LogP) is 5.44. The van der Waals surface area contributed by atoms with Crippen LogP contribution in [0.5, 0.6) is 0 Å². The molecule has 0 spiro atoms. The van der Waals surface area contributed by atoms with Crippen LogP contribution in [-0.4, -0.2) is 36.1 Å². The van der Waals surface area contributed by atoms with Gasteiger partial charge < -0.3 is 9.80 Å². The van der Waals surface area contributed by atoms with E-state index >= 15 is 0 Å². The molecule has 0 bridgehead atoms. The van der Waals surface area contributed by atoms with Crippen molar-refractivity contribution >= 4 is 11.4 Å². The Morgan fingerprint density at radius 3 is 2.37 bits per heavy atom. The van der Waals surface area contributed by atoms with Gasteiger partial charge in [-0.3, -0.25) is 9.97 Å². The summed E-state index contributed by atoms with van der Waals surface area (Å²) in [5, 5.41) is 0. The zero-order valence-electron chi connectivity index (χ0n) is 19.0. The standard InChI is InChI=1S/C26H38N4/c1-20(2)22-10-14-29(15-11-22)26-9-8-24(28-18-26)16-21(3)23-6-5-13-30(19-23)25-7-4-12-27-17-25/h4,7-9,12,17-18,20-23H,5-6,10-11,13-16,19H2,1-3H3. The first-order valence-corrected chi connectivity index (χ1v) is 11.9. The quantitative estimate of drug-likeness (QED) is 0.639. The monoisotopic (exact) mass is 406 g/mol. The molecule has 2 unspecified atom stereocenters. The van der Waals surface area contributed by atoms with Crippen molar-refractivity contribution in [2.75, 3.05) is 36.0 Å². The third-order valence-electron chi connectivity index (χ3n) is 7.46. The van der Waals surface area contributed by atoms with Gasteiger partial charge in [0, 0.05) is 38.1 Å². The SMILES string of the molecule is CC(C)C1CCN(c2ccc(CC(C)C3CCCN(c4cccnc4)C3)nc2)CC1. The van der Waals surface area contributed by atoms with E-state index in [2.05, 4.69) is 60.0 Å². The maximum absolute atomic E-state index is 4.85. The highest BCUT2D eigenvalue weighted by molar-refractivity contribution is 5.45. The van der Waals surface area contributed by atoms with Crippen molar-refractivity contribution in [3.63, 3.8) is 0 Å². The number of rotatable bonds is 6. The lowest BCUT2D eigenvalue weighted by Gasteiger charge is -2.37. The van der Waals surface area contributed by atoms with Gasteiger partial charge in [0.2, 0.25) is 0 Å². The molecule has 2 aromatic heterocycles. The third-order valence-corrected chi connectivity index (χ3v) is 7.46. The second kappa shape index (κ2) is 9.80. The maximum Gasteiger partial charge on any atom is 0.0552 e. The second-order valence-electron chi connectivity index (χ2n) is 9.82. The van der Waals surface area contributed by atoms with Crippen molar-refractivity contribution < 1.29 is 0 Å². The summed E-state index contributed by atoms with van der Waals surface area (Å²) in [6.45, 7) is 11.8. The fourth-order valence-electron chi connectivity index (χ4n) is 5.30. The predicted molar refractivity (Wildman–Crippen MR) is 126 cm³/mol. The Kier molecular flexibility index (Phi) is 6.91. The smallest absolute Gasteiger partial charge is 0.0552 e. The van der Waals surface area contributed by atoms with Gasteiger partial charge in [0.05, 0.1) is 23.8 Å². The van der Waals surface area contributed by atoms with Crippen LogP contribution < -0.4 is 9.80 Å². The van der Waals surface area contributed by atoms with E-state index in [1.54, 1.807) is 0 Å². The first-order chi connectivity index (χ1) is 14.6. The summed E-state index contributed by atoms with van der Waals surface area (Å²) < 4.78 is 0. The van der Waals surface area contributed by atoms with E-state index < -0.39 is 0 Å². The average Bonchev–Trinajstić information content (AvgIpc) is 2.80. The van der Waals surface area contributed by atoms with E-state index in [-0.39, 0.29) is 0 Å². The van der Waals surface area contributed by atoms with Gasteiger partial charge in [0.1, 0.15) is 0 Å². The minimum absolute atomic E-state index is 0.643. The van der Waals surface area contributed by atoms with Gasteiger partial charge in [-0.25, -0.2) is 0 Å². The summed E-state index contributed by atoms with van der Waals surface area (Å²) in [6.07, 6.45) is 12.2. The molecule has 0 aliphatic carbocycles. The number of anilines is 2. The molecule has 0 amide bonds. The molecule has 2 aromatic rings. The normalized spacial score (nSPS) is 21.8. The number of aromatic nitrogens is 2. The van der Waals surface area contributed by atoms with E-state index in [4.69, 9.17) is 4.98 Å². The van der Waals surface area contributed by atoms with E-state index in [9.17, 15) is 0 Å². The van der Waals surface area contributed by atoms with Crippen LogP contribution in [0.4, 0.5) is 11.4 Å². The molecule has 162 valence electrons. The number of hydrogen-bond donors (Lipinski definition) is 0. The molecular weight excluding hydrogens is 368 g/mol. The number of pyridine rings is 2. The Morgan fingerprint density at radius 2 is 1.70 bits per heavy atom. The van der Waals surface area contributed by atoms with Gasteiger partial charge >= 0.3 is 0 Å². The van der Waals surface area contributed by atoms with E-state index in [0.717, 1.165) is 37.3 Å². The minimum Gasteiger partial charge on any atom is -0.370 e. The Hall–Kier alpha value is -2.10. The van der Waals surface area contributed by atoms with Crippen LogP contribution in [0, 0.1) is 23.7 Å². The summed E-state index contributed by atoms with van der Waals surface area (Å²) >= 11 is 0. The minimum atomic E-state index is 0.643. The van der Waals surface area contributed by atoms with Gasteiger partial charge in [-0.1, -0.05) is 20.8 Å². The highest BCUT2D eigenvalue weighted by Gasteiger charge is 2.26. The lowest BCUT2D eigenvalue weighted by Crippen LogP contribution is -2.38. The largest absolute Gasteiger partial charge is 0.370 e. The molecule has 2 aliphatic heterocycles. The van der Waals surface area contributed by atoms with E-state index in [0.29, 0.717) is 5.92 Å². The van der Waals surface area contributed by atoms with Crippen LogP contribution >= 0.6 is 0 Å². The summed E-state index contributed by atoms with van der Waals surface area (Å²) in [7, 11) is 0. The van der Waals surface area contributed by atoms with Crippen molar-refractivity contribution in [3.05, 3.63) is 48.5 Å². The molecule has 2 fully saturated rings. The van der Waals surface area contributed by atoms with E-state index in [1.165, 1.54) is 55.8 Å².